The van der Waals surface area contributed by atoms with Crippen LogP contribution in [0, 0.1) is 0 Å². The first kappa shape index (κ1) is 9.87. The van der Waals surface area contributed by atoms with Gasteiger partial charge in [0, 0.05) is 12.3 Å². The quantitative estimate of drug-likeness (QED) is 0.680. The van der Waals surface area contributed by atoms with E-state index in [0.717, 1.165) is 0 Å². The summed E-state index contributed by atoms with van der Waals surface area (Å²) in [4.78, 5) is 0. The molecule has 1 heterocycles. The van der Waals surface area contributed by atoms with Crippen LogP contribution >= 0.6 is 0 Å². The molecule has 1 N–H and O–H groups in total. The van der Waals surface area contributed by atoms with Crippen LogP contribution in [0.5, 0.6) is 5.88 Å². The Labute approximate surface area is 75.3 Å². The number of hydrogen-bond acceptors (Lipinski definition) is 5. The van der Waals surface area contributed by atoms with Gasteiger partial charge in [-0.3, -0.25) is 4.55 Å². The van der Waals surface area contributed by atoms with Crippen molar-refractivity contribution in [3.63, 3.8) is 0 Å². The molecule has 1 rings (SSSR count). The van der Waals surface area contributed by atoms with Gasteiger partial charge in [0.15, 0.2) is 0 Å². The molecule has 72 valence electrons. The average Bonchev–Trinajstić information content (AvgIpc) is 2.04. The molecule has 1 aromatic rings. The molecule has 0 unspecified atom stereocenters. The second-order valence-electron chi connectivity index (χ2n) is 2.20. The van der Waals surface area contributed by atoms with E-state index in [1.54, 1.807) is 6.07 Å². The van der Waals surface area contributed by atoms with Gasteiger partial charge in [-0.1, -0.05) is 0 Å². The second-order valence-corrected chi connectivity index (χ2v) is 3.77. The Balaban J connectivity index is 2.37. The van der Waals surface area contributed by atoms with Crippen molar-refractivity contribution in [2.45, 2.75) is 0 Å². The molecule has 0 atom stereocenters. The van der Waals surface area contributed by atoms with E-state index in [2.05, 4.69) is 10.2 Å². The van der Waals surface area contributed by atoms with Gasteiger partial charge < -0.3 is 4.74 Å². The van der Waals surface area contributed by atoms with Crippen LogP contribution in [0.15, 0.2) is 18.3 Å². The lowest BCUT2D eigenvalue weighted by molar-refractivity contribution is 0.319. The normalized spacial score (nSPS) is 11.2. The Morgan fingerprint density at radius 1 is 1.54 bits per heavy atom. The van der Waals surface area contributed by atoms with Crippen LogP contribution in [-0.2, 0) is 10.1 Å². The SMILES string of the molecule is O=S(=O)(O)CCOc1cccnn1. The highest BCUT2D eigenvalue weighted by Gasteiger charge is 2.04. The van der Waals surface area contributed by atoms with E-state index in [4.69, 9.17) is 9.29 Å². The fourth-order valence-corrected chi connectivity index (χ4v) is 0.910. The van der Waals surface area contributed by atoms with E-state index in [1.165, 1.54) is 12.3 Å². The highest BCUT2D eigenvalue weighted by molar-refractivity contribution is 7.85. The van der Waals surface area contributed by atoms with Crippen molar-refractivity contribution in [3.05, 3.63) is 18.3 Å². The van der Waals surface area contributed by atoms with Crippen molar-refractivity contribution in [1.29, 1.82) is 0 Å². The molecule has 6 nitrogen and oxygen atoms in total. The Hall–Kier alpha value is -1.21. The highest BCUT2D eigenvalue weighted by atomic mass is 32.2. The number of aromatic nitrogens is 2. The summed E-state index contributed by atoms with van der Waals surface area (Å²) in [5, 5.41) is 7.06. The van der Waals surface area contributed by atoms with Crippen molar-refractivity contribution in [2.75, 3.05) is 12.4 Å². The number of nitrogens with zero attached hydrogens (tertiary/aromatic N) is 2. The van der Waals surface area contributed by atoms with Crippen molar-refractivity contribution in [3.8, 4) is 5.88 Å². The zero-order chi connectivity index (χ0) is 9.73. The van der Waals surface area contributed by atoms with Gasteiger partial charge >= 0.3 is 0 Å². The standard InChI is InChI=1S/C6H8N2O4S/c9-13(10,11)5-4-12-6-2-1-3-7-8-6/h1-3H,4-5H2,(H,9,10,11). The minimum atomic E-state index is -3.97. The summed E-state index contributed by atoms with van der Waals surface area (Å²) in [6.45, 7) is -0.141. The first-order valence-electron chi connectivity index (χ1n) is 3.43. The van der Waals surface area contributed by atoms with E-state index in [1.807, 2.05) is 0 Å². The lowest BCUT2D eigenvalue weighted by Gasteiger charge is -2.01. The third-order valence-corrected chi connectivity index (χ3v) is 1.82. The fourth-order valence-electron chi connectivity index (χ4n) is 0.616. The van der Waals surface area contributed by atoms with Crippen LogP contribution in [0.4, 0.5) is 0 Å². The molecule has 0 aliphatic heterocycles. The number of hydrogen-bond donors (Lipinski definition) is 1. The topological polar surface area (TPSA) is 89.4 Å². The summed E-state index contributed by atoms with van der Waals surface area (Å²) in [5.41, 5.74) is 0. The predicted molar refractivity (Wildman–Crippen MR) is 43.9 cm³/mol. The Morgan fingerprint density at radius 2 is 2.31 bits per heavy atom. The van der Waals surface area contributed by atoms with Gasteiger partial charge in [-0.05, 0) is 6.07 Å². The largest absolute Gasteiger partial charge is 0.475 e. The lowest BCUT2D eigenvalue weighted by Crippen LogP contribution is -2.13. The van der Waals surface area contributed by atoms with E-state index in [0.29, 0.717) is 0 Å². The molecule has 0 saturated carbocycles. The van der Waals surface area contributed by atoms with Crippen LogP contribution < -0.4 is 4.74 Å². The van der Waals surface area contributed by atoms with Gasteiger partial charge in [-0.15, -0.1) is 5.10 Å². The number of rotatable bonds is 4. The number of ether oxygens (including phenoxy) is 1. The molecule has 0 aliphatic carbocycles. The molecule has 13 heavy (non-hydrogen) atoms. The third kappa shape index (κ3) is 4.38. The smallest absolute Gasteiger partial charge is 0.268 e. The molecule has 0 aliphatic rings. The van der Waals surface area contributed by atoms with Gasteiger partial charge in [-0.25, -0.2) is 0 Å². The summed E-state index contributed by atoms with van der Waals surface area (Å²) >= 11 is 0. The zero-order valence-electron chi connectivity index (χ0n) is 6.62. The lowest BCUT2D eigenvalue weighted by atomic mass is 10.6. The van der Waals surface area contributed by atoms with Gasteiger partial charge in [0.2, 0.25) is 5.88 Å². The van der Waals surface area contributed by atoms with Crippen molar-refractivity contribution >= 4 is 10.1 Å². The molecule has 7 heteroatoms. The first-order chi connectivity index (χ1) is 6.08. The van der Waals surface area contributed by atoms with Gasteiger partial charge in [0.25, 0.3) is 10.1 Å². The summed E-state index contributed by atoms with van der Waals surface area (Å²) < 4.78 is 33.7. The van der Waals surface area contributed by atoms with E-state index in [9.17, 15) is 8.42 Å². The summed E-state index contributed by atoms with van der Waals surface area (Å²) in [6.07, 6.45) is 1.47. The first-order valence-corrected chi connectivity index (χ1v) is 5.04. The van der Waals surface area contributed by atoms with Crippen molar-refractivity contribution < 1.29 is 17.7 Å². The van der Waals surface area contributed by atoms with Gasteiger partial charge in [-0.2, -0.15) is 13.5 Å². The highest BCUT2D eigenvalue weighted by Crippen LogP contribution is 2.00. The van der Waals surface area contributed by atoms with Crippen LogP contribution in [0.3, 0.4) is 0 Å². The van der Waals surface area contributed by atoms with Gasteiger partial charge in [0.05, 0.1) is 0 Å². The summed E-state index contributed by atoms with van der Waals surface area (Å²) in [6, 6.07) is 3.15. The summed E-state index contributed by atoms with van der Waals surface area (Å²) in [7, 11) is -3.97. The molecule has 0 spiro atoms. The molecule has 0 fully saturated rings. The second kappa shape index (κ2) is 4.15. The Kier molecular flexibility index (Phi) is 3.15. The maximum atomic E-state index is 10.3. The van der Waals surface area contributed by atoms with E-state index in [-0.39, 0.29) is 12.5 Å². The molecule has 1 aromatic heterocycles. The van der Waals surface area contributed by atoms with Crippen LogP contribution in [0.2, 0.25) is 0 Å². The van der Waals surface area contributed by atoms with Crippen LogP contribution in [-0.4, -0.2) is 35.5 Å². The molecular weight excluding hydrogens is 196 g/mol. The molecule has 0 radical (unpaired) electrons. The monoisotopic (exact) mass is 204 g/mol. The van der Waals surface area contributed by atoms with E-state index >= 15 is 0 Å². The maximum absolute atomic E-state index is 10.3. The maximum Gasteiger partial charge on any atom is 0.268 e. The predicted octanol–water partition coefficient (Wildman–Crippen LogP) is -0.257. The molecule has 0 aromatic carbocycles. The minimum Gasteiger partial charge on any atom is -0.475 e. The Morgan fingerprint density at radius 3 is 2.85 bits per heavy atom. The average molecular weight is 204 g/mol. The van der Waals surface area contributed by atoms with Gasteiger partial charge in [0.1, 0.15) is 12.4 Å². The molecule has 0 saturated heterocycles. The van der Waals surface area contributed by atoms with Crippen molar-refractivity contribution in [1.82, 2.24) is 10.2 Å². The summed E-state index contributed by atoms with van der Waals surface area (Å²) in [5.74, 6) is -0.227. The zero-order valence-corrected chi connectivity index (χ0v) is 7.44. The minimum absolute atomic E-state index is 0.141. The van der Waals surface area contributed by atoms with E-state index < -0.39 is 15.9 Å². The van der Waals surface area contributed by atoms with Crippen molar-refractivity contribution in [2.24, 2.45) is 0 Å². The van der Waals surface area contributed by atoms with Crippen LogP contribution in [0.25, 0.3) is 0 Å². The Bertz CT molecular complexity index is 350. The molecule has 0 amide bonds. The third-order valence-electron chi connectivity index (χ3n) is 1.14. The van der Waals surface area contributed by atoms with Crippen LogP contribution in [0.1, 0.15) is 0 Å². The molecular formula is C6H8N2O4S. The molecule has 0 bridgehead atoms. The fraction of sp³-hybridized carbons (Fsp3) is 0.333.